The molecule has 0 aromatic rings. The number of amides is 1. The number of hydrogen-bond acceptors (Lipinski definition) is 4. The van der Waals surface area contributed by atoms with Crippen molar-refractivity contribution in [3.8, 4) is 0 Å². The van der Waals surface area contributed by atoms with Crippen molar-refractivity contribution in [2.75, 3.05) is 51.9 Å². The van der Waals surface area contributed by atoms with E-state index in [1.165, 1.54) is 0 Å². The number of carbonyl (C=O) groups is 1. The van der Waals surface area contributed by atoms with Gasteiger partial charge in [0.1, 0.15) is 6.61 Å². The van der Waals surface area contributed by atoms with Crippen LogP contribution in [0.25, 0.3) is 0 Å². The lowest BCUT2D eigenvalue weighted by Gasteiger charge is -2.31. The molecule has 1 heterocycles. The molecule has 0 aromatic carbocycles. The van der Waals surface area contributed by atoms with Gasteiger partial charge in [-0.05, 0) is 33.2 Å². The van der Waals surface area contributed by atoms with Crippen LogP contribution in [0.15, 0.2) is 0 Å². The van der Waals surface area contributed by atoms with Crippen LogP contribution in [0.5, 0.6) is 0 Å². The second-order valence-corrected chi connectivity index (χ2v) is 5.72. The number of nitrogens with zero attached hydrogens (tertiary/aromatic N) is 2. The second kappa shape index (κ2) is 7.95. The Kier molecular flexibility index (Phi) is 6.92. The molecule has 17 heavy (non-hydrogen) atoms. The Hall–Kier alpha value is -0.260. The average Bonchev–Trinajstić information content (AvgIpc) is 2.50. The van der Waals surface area contributed by atoms with Gasteiger partial charge in [0.05, 0.1) is 6.04 Å². The molecule has 0 aromatic heterocycles. The standard InChI is InChI=1S/C12H24N2O2S/c1-4-16-9-12(15)14-6-5-7-17-10-11(14)8-13(2)3/h11H,4-10H2,1-3H3. The van der Waals surface area contributed by atoms with Crippen LogP contribution in [0.2, 0.25) is 0 Å². The van der Waals surface area contributed by atoms with Gasteiger partial charge < -0.3 is 14.5 Å². The molecule has 0 saturated carbocycles. The van der Waals surface area contributed by atoms with Crippen molar-refractivity contribution in [1.82, 2.24) is 9.80 Å². The van der Waals surface area contributed by atoms with E-state index in [2.05, 4.69) is 19.0 Å². The van der Waals surface area contributed by atoms with Gasteiger partial charge in [0, 0.05) is 25.4 Å². The van der Waals surface area contributed by atoms with E-state index >= 15 is 0 Å². The topological polar surface area (TPSA) is 32.8 Å². The molecule has 0 aliphatic carbocycles. The van der Waals surface area contributed by atoms with Crippen LogP contribution in [-0.4, -0.2) is 73.7 Å². The minimum Gasteiger partial charge on any atom is -0.372 e. The molecule has 0 radical (unpaired) electrons. The number of ether oxygens (including phenoxy) is 1. The van der Waals surface area contributed by atoms with Crippen molar-refractivity contribution < 1.29 is 9.53 Å². The zero-order valence-corrected chi connectivity index (χ0v) is 12.0. The smallest absolute Gasteiger partial charge is 0.248 e. The summed E-state index contributed by atoms with van der Waals surface area (Å²) in [7, 11) is 4.11. The molecule has 4 nitrogen and oxygen atoms in total. The molecule has 1 amide bonds. The van der Waals surface area contributed by atoms with E-state index in [0.29, 0.717) is 12.6 Å². The van der Waals surface area contributed by atoms with E-state index < -0.39 is 0 Å². The van der Waals surface area contributed by atoms with Crippen molar-refractivity contribution >= 4 is 17.7 Å². The highest BCUT2D eigenvalue weighted by Gasteiger charge is 2.25. The first-order valence-electron chi connectivity index (χ1n) is 6.24. The van der Waals surface area contributed by atoms with E-state index in [9.17, 15) is 4.79 Å². The fourth-order valence-corrected chi connectivity index (χ4v) is 3.06. The molecule has 0 spiro atoms. The summed E-state index contributed by atoms with van der Waals surface area (Å²) in [5, 5.41) is 0. The summed E-state index contributed by atoms with van der Waals surface area (Å²) < 4.78 is 5.23. The zero-order valence-electron chi connectivity index (χ0n) is 11.1. The predicted molar refractivity (Wildman–Crippen MR) is 72.5 cm³/mol. The van der Waals surface area contributed by atoms with Gasteiger partial charge in [-0.3, -0.25) is 4.79 Å². The van der Waals surface area contributed by atoms with Crippen LogP contribution in [0.4, 0.5) is 0 Å². The van der Waals surface area contributed by atoms with Crippen LogP contribution in [0.3, 0.4) is 0 Å². The molecule has 0 N–H and O–H groups in total. The quantitative estimate of drug-likeness (QED) is 0.736. The van der Waals surface area contributed by atoms with Crippen LogP contribution >= 0.6 is 11.8 Å². The molecule has 1 fully saturated rings. The summed E-state index contributed by atoms with van der Waals surface area (Å²) in [6.45, 7) is 4.56. The molecule has 1 aliphatic rings. The number of likely N-dealkylation sites (N-methyl/N-ethyl adjacent to an activating group) is 1. The first-order valence-corrected chi connectivity index (χ1v) is 7.40. The second-order valence-electron chi connectivity index (χ2n) is 4.57. The Morgan fingerprint density at radius 3 is 2.94 bits per heavy atom. The van der Waals surface area contributed by atoms with Crippen molar-refractivity contribution in [2.45, 2.75) is 19.4 Å². The normalized spacial score (nSPS) is 21.6. The minimum absolute atomic E-state index is 0.140. The lowest BCUT2D eigenvalue weighted by atomic mass is 10.2. The third-order valence-corrected chi connectivity index (χ3v) is 3.96. The highest BCUT2D eigenvalue weighted by molar-refractivity contribution is 7.99. The molecule has 1 atom stereocenters. The van der Waals surface area contributed by atoms with E-state index in [4.69, 9.17) is 4.74 Å². The summed E-state index contributed by atoms with van der Waals surface area (Å²) in [4.78, 5) is 16.2. The van der Waals surface area contributed by atoms with Crippen LogP contribution in [-0.2, 0) is 9.53 Å². The Labute approximate surface area is 109 Å². The van der Waals surface area contributed by atoms with Gasteiger partial charge in [0.15, 0.2) is 0 Å². The molecule has 1 aliphatic heterocycles. The number of rotatable bonds is 5. The van der Waals surface area contributed by atoms with Crippen molar-refractivity contribution in [3.05, 3.63) is 0 Å². The molecular formula is C12H24N2O2S. The van der Waals surface area contributed by atoms with E-state index in [1.807, 2.05) is 23.6 Å². The lowest BCUT2D eigenvalue weighted by molar-refractivity contribution is -0.138. The first kappa shape index (κ1) is 14.8. The van der Waals surface area contributed by atoms with Gasteiger partial charge in [-0.1, -0.05) is 0 Å². The van der Waals surface area contributed by atoms with Gasteiger partial charge in [-0.2, -0.15) is 11.8 Å². The predicted octanol–water partition coefficient (Wildman–Crippen LogP) is 0.919. The summed E-state index contributed by atoms with van der Waals surface area (Å²) in [6.07, 6.45) is 1.09. The Morgan fingerprint density at radius 2 is 2.29 bits per heavy atom. The fourth-order valence-electron chi connectivity index (χ4n) is 2.00. The molecule has 100 valence electrons. The maximum absolute atomic E-state index is 12.1. The molecule has 5 heteroatoms. The third-order valence-electron chi connectivity index (χ3n) is 2.76. The molecule has 1 saturated heterocycles. The summed E-state index contributed by atoms with van der Waals surface area (Å²) in [6, 6.07) is 0.324. The monoisotopic (exact) mass is 260 g/mol. The molecule has 0 bridgehead atoms. The Morgan fingerprint density at radius 1 is 1.53 bits per heavy atom. The first-order chi connectivity index (χ1) is 8.15. The van der Waals surface area contributed by atoms with Crippen LogP contribution < -0.4 is 0 Å². The van der Waals surface area contributed by atoms with E-state index in [0.717, 1.165) is 31.0 Å². The highest BCUT2D eigenvalue weighted by Crippen LogP contribution is 2.17. The summed E-state index contributed by atoms with van der Waals surface area (Å²) in [5.74, 6) is 2.33. The average molecular weight is 260 g/mol. The SMILES string of the molecule is CCOCC(=O)N1CCCSCC1CN(C)C. The lowest BCUT2D eigenvalue weighted by Crippen LogP contribution is -2.48. The van der Waals surface area contributed by atoms with Gasteiger partial charge in [-0.25, -0.2) is 0 Å². The third kappa shape index (κ3) is 5.27. The summed E-state index contributed by atoms with van der Waals surface area (Å²) in [5.41, 5.74) is 0. The largest absolute Gasteiger partial charge is 0.372 e. The zero-order chi connectivity index (χ0) is 12.7. The van der Waals surface area contributed by atoms with E-state index in [-0.39, 0.29) is 12.5 Å². The van der Waals surface area contributed by atoms with Crippen molar-refractivity contribution in [3.63, 3.8) is 0 Å². The van der Waals surface area contributed by atoms with Gasteiger partial charge >= 0.3 is 0 Å². The maximum Gasteiger partial charge on any atom is 0.248 e. The molecule has 1 unspecified atom stereocenters. The number of carbonyl (C=O) groups excluding carboxylic acids is 1. The van der Waals surface area contributed by atoms with Crippen LogP contribution in [0, 0.1) is 0 Å². The van der Waals surface area contributed by atoms with Gasteiger partial charge in [0.2, 0.25) is 5.91 Å². The Balaban J connectivity index is 2.57. The van der Waals surface area contributed by atoms with Gasteiger partial charge in [0.25, 0.3) is 0 Å². The summed E-state index contributed by atoms with van der Waals surface area (Å²) >= 11 is 1.95. The number of hydrogen-bond donors (Lipinski definition) is 0. The van der Waals surface area contributed by atoms with Crippen molar-refractivity contribution in [1.29, 1.82) is 0 Å². The van der Waals surface area contributed by atoms with Gasteiger partial charge in [-0.15, -0.1) is 0 Å². The van der Waals surface area contributed by atoms with Crippen LogP contribution in [0.1, 0.15) is 13.3 Å². The molecule has 1 rings (SSSR count). The minimum atomic E-state index is 0.140. The maximum atomic E-state index is 12.1. The van der Waals surface area contributed by atoms with E-state index in [1.54, 1.807) is 0 Å². The fraction of sp³-hybridized carbons (Fsp3) is 0.917. The highest BCUT2D eigenvalue weighted by atomic mass is 32.2. The van der Waals surface area contributed by atoms with Crippen molar-refractivity contribution in [2.24, 2.45) is 0 Å². The number of thioether (sulfide) groups is 1. The molecular weight excluding hydrogens is 236 g/mol. The Bertz CT molecular complexity index is 237.